The first kappa shape index (κ1) is 15.9. The molecule has 4 heteroatoms. The Hall–Kier alpha value is -1.97. The summed E-state index contributed by atoms with van der Waals surface area (Å²) in [5, 5.41) is 0. The van der Waals surface area contributed by atoms with Crippen LogP contribution < -0.4 is 4.74 Å². The molecule has 0 amide bonds. The van der Waals surface area contributed by atoms with Gasteiger partial charge in [0.1, 0.15) is 5.75 Å². The van der Waals surface area contributed by atoms with Crippen molar-refractivity contribution in [1.82, 2.24) is 9.97 Å². The van der Waals surface area contributed by atoms with Crippen LogP contribution in [0, 0.1) is 0 Å². The molecule has 1 fully saturated rings. The lowest BCUT2D eigenvalue weighted by Crippen LogP contribution is -2.03. The van der Waals surface area contributed by atoms with Crippen LogP contribution in [0.25, 0.3) is 11.4 Å². The van der Waals surface area contributed by atoms with Gasteiger partial charge in [0, 0.05) is 18.0 Å². The van der Waals surface area contributed by atoms with Gasteiger partial charge in [-0.2, -0.15) is 0 Å². The fourth-order valence-electron chi connectivity index (χ4n) is 3.25. The molecule has 2 heterocycles. The van der Waals surface area contributed by atoms with E-state index >= 15 is 0 Å². The molecule has 0 aromatic carbocycles. The standard InChI is InChI=1S/C19H27N3O/c1-3-14-10-11-16(21-14)17-12-19(23-2)18(22-17)13-20-15-8-6-4-5-7-9-15/h10-13,15,21-22H,3-9H2,1-2H3. The molecule has 0 saturated heterocycles. The molecule has 1 aliphatic carbocycles. The Morgan fingerprint density at radius 2 is 1.91 bits per heavy atom. The van der Waals surface area contributed by atoms with E-state index < -0.39 is 0 Å². The lowest BCUT2D eigenvalue weighted by Gasteiger charge is -2.07. The zero-order valence-electron chi connectivity index (χ0n) is 14.2. The van der Waals surface area contributed by atoms with E-state index in [2.05, 4.69) is 29.0 Å². The Morgan fingerprint density at radius 1 is 1.13 bits per heavy atom. The minimum Gasteiger partial charge on any atom is -0.494 e. The van der Waals surface area contributed by atoms with Crippen LogP contribution in [0.15, 0.2) is 23.2 Å². The second-order valence-electron chi connectivity index (χ2n) is 6.34. The molecule has 1 aliphatic rings. The van der Waals surface area contributed by atoms with Gasteiger partial charge >= 0.3 is 0 Å². The van der Waals surface area contributed by atoms with Crippen LogP contribution in [-0.4, -0.2) is 29.3 Å². The van der Waals surface area contributed by atoms with E-state index in [0.717, 1.165) is 29.3 Å². The molecular weight excluding hydrogens is 286 g/mol. The maximum atomic E-state index is 5.51. The van der Waals surface area contributed by atoms with E-state index in [1.807, 2.05) is 12.3 Å². The van der Waals surface area contributed by atoms with E-state index in [-0.39, 0.29) is 0 Å². The first-order chi connectivity index (χ1) is 11.3. The topological polar surface area (TPSA) is 53.2 Å². The lowest BCUT2D eigenvalue weighted by molar-refractivity contribution is 0.415. The monoisotopic (exact) mass is 313 g/mol. The highest BCUT2D eigenvalue weighted by Crippen LogP contribution is 2.26. The normalized spacial score (nSPS) is 16.8. The zero-order valence-corrected chi connectivity index (χ0v) is 14.2. The van der Waals surface area contributed by atoms with Crippen LogP contribution in [-0.2, 0) is 6.42 Å². The first-order valence-corrected chi connectivity index (χ1v) is 8.78. The third-order valence-corrected chi connectivity index (χ3v) is 4.69. The van der Waals surface area contributed by atoms with Gasteiger partial charge in [-0.25, -0.2) is 0 Å². The maximum Gasteiger partial charge on any atom is 0.146 e. The zero-order chi connectivity index (χ0) is 16.1. The third kappa shape index (κ3) is 3.87. The van der Waals surface area contributed by atoms with Crippen LogP contribution in [0.1, 0.15) is 56.8 Å². The maximum absolute atomic E-state index is 5.51. The smallest absolute Gasteiger partial charge is 0.146 e. The van der Waals surface area contributed by atoms with Crippen molar-refractivity contribution in [3.05, 3.63) is 29.6 Å². The van der Waals surface area contributed by atoms with E-state index in [9.17, 15) is 0 Å². The number of hydrogen-bond acceptors (Lipinski definition) is 2. The summed E-state index contributed by atoms with van der Waals surface area (Å²) in [4.78, 5) is 11.7. The van der Waals surface area contributed by atoms with Crippen molar-refractivity contribution in [3.63, 3.8) is 0 Å². The summed E-state index contributed by atoms with van der Waals surface area (Å²) < 4.78 is 5.51. The van der Waals surface area contributed by atoms with Crippen molar-refractivity contribution in [2.75, 3.05) is 7.11 Å². The number of H-pyrrole nitrogens is 2. The largest absolute Gasteiger partial charge is 0.494 e. The van der Waals surface area contributed by atoms with Gasteiger partial charge in [-0.1, -0.05) is 32.6 Å². The quantitative estimate of drug-likeness (QED) is 0.609. The van der Waals surface area contributed by atoms with Gasteiger partial charge in [-0.05, 0) is 31.4 Å². The SMILES string of the molecule is CCc1ccc(-c2cc(OC)c(C=NC3CCCCCC3)[nH]2)[nH]1. The van der Waals surface area contributed by atoms with Crippen LogP contribution >= 0.6 is 0 Å². The van der Waals surface area contributed by atoms with Gasteiger partial charge in [0.15, 0.2) is 0 Å². The van der Waals surface area contributed by atoms with E-state index in [1.54, 1.807) is 7.11 Å². The molecule has 124 valence electrons. The minimum absolute atomic E-state index is 0.464. The fourth-order valence-corrected chi connectivity index (χ4v) is 3.25. The number of methoxy groups -OCH3 is 1. The molecule has 0 unspecified atom stereocenters. The van der Waals surface area contributed by atoms with Crippen LogP contribution in [0.5, 0.6) is 5.75 Å². The number of aromatic nitrogens is 2. The van der Waals surface area contributed by atoms with Gasteiger partial charge in [0.2, 0.25) is 0 Å². The highest BCUT2D eigenvalue weighted by atomic mass is 16.5. The number of nitrogens with one attached hydrogen (secondary N) is 2. The molecule has 0 bridgehead atoms. The Kier molecular flexibility index (Phi) is 5.21. The average molecular weight is 313 g/mol. The van der Waals surface area contributed by atoms with Crippen molar-refractivity contribution >= 4 is 6.21 Å². The average Bonchev–Trinajstić information content (AvgIpc) is 3.13. The molecular formula is C19H27N3O. The predicted molar refractivity (Wildman–Crippen MR) is 95.6 cm³/mol. The number of rotatable bonds is 5. The van der Waals surface area contributed by atoms with Crippen LogP contribution in [0.2, 0.25) is 0 Å². The summed E-state index contributed by atoms with van der Waals surface area (Å²) in [6.45, 7) is 2.15. The van der Waals surface area contributed by atoms with E-state index in [1.165, 1.54) is 44.2 Å². The summed E-state index contributed by atoms with van der Waals surface area (Å²) in [6, 6.07) is 6.74. The van der Waals surface area contributed by atoms with Gasteiger partial charge < -0.3 is 14.7 Å². The fraction of sp³-hybridized carbons (Fsp3) is 0.526. The summed E-state index contributed by atoms with van der Waals surface area (Å²) in [7, 11) is 1.71. The molecule has 0 radical (unpaired) electrons. The summed E-state index contributed by atoms with van der Waals surface area (Å²) >= 11 is 0. The Labute approximate surface area is 138 Å². The number of aliphatic imine (C=N–C) groups is 1. The van der Waals surface area contributed by atoms with Crippen LogP contribution in [0.3, 0.4) is 0 Å². The number of hydrogen-bond donors (Lipinski definition) is 2. The number of nitrogens with zero attached hydrogens (tertiary/aromatic N) is 1. The molecule has 3 rings (SSSR count). The van der Waals surface area contributed by atoms with Crippen LogP contribution in [0.4, 0.5) is 0 Å². The minimum atomic E-state index is 0.464. The molecule has 0 spiro atoms. The first-order valence-electron chi connectivity index (χ1n) is 8.78. The molecule has 2 N–H and O–H groups in total. The van der Waals surface area contributed by atoms with Gasteiger partial charge in [-0.15, -0.1) is 0 Å². The number of aromatic amines is 2. The molecule has 2 aromatic heterocycles. The Morgan fingerprint density at radius 3 is 2.57 bits per heavy atom. The molecule has 0 aliphatic heterocycles. The molecule has 23 heavy (non-hydrogen) atoms. The molecule has 4 nitrogen and oxygen atoms in total. The summed E-state index contributed by atoms with van der Waals surface area (Å²) in [6.07, 6.45) is 10.7. The summed E-state index contributed by atoms with van der Waals surface area (Å²) in [5.74, 6) is 0.852. The highest BCUT2D eigenvalue weighted by molar-refractivity contribution is 5.83. The third-order valence-electron chi connectivity index (χ3n) is 4.69. The molecule has 1 saturated carbocycles. The molecule has 0 atom stereocenters. The highest BCUT2D eigenvalue weighted by Gasteiger charge is 2.13. The van der Waals surface area contributed by atoms with Crippen molar-refractivity contribution in [2.45, 2.75) is 57.9 Å². The van der Waals surface area contributed by atoms with Gasteiger partial charge in [-0.3, -0.25) is 4.99 Å². The van der Waals surface area contributed by atoms with Crippen molar-refractivity contribution < 1.29 is 4.74 Å². The second kappa shape index (κ2) is 7.53. The summed E-state index contributed by atoms with van der Waals surface area (Å²) in [5.41, 5.74) is 4.33. The van der Waals surface area contributed by atoms with E-state index in [0.29, 0.717) is 6.04 Å². The number of aryl methyl sites for hydroxylation is 1. The molecule has 2 aromatic rings. The van der Waals surface area contributed by atoms with Gasteiger partial charge in [0.25, 0.3) is 0 Å². The Bertz CT molecular complexity index is 645. The van der Waals surface area contributed by atoms with E-state index in [4.69, 9.17) is 9.73 Å². The van der Waals surface area contributed by atoms with Crippen molar-refractivity contribution in [3.8, 4) is 17.1 Å². The second-order valence-corrected chi connectivity index (χ2v) is 6.34. The Balaban J connectivity index is 1.78. The van der Waals surface area contributed by atoms with Gasteiger partial charge in [0.05, 0.1) is 30.2 Å². The van der Waals surface area contributed by atoms with Crippen molar-refractivity contribution in [1.29, 1.82) is 0 Å². The number of ether oxygens (including phenoxy) is 1. The van der Waals surface area contributed by atoms with Crippen molar-refractivity contribution in [2.24, 2.45) is 4.99 Å². The predicted octanol–water partition coefficient (Wildman–Crippen LogP) is 4.72. The lowest BCUT2D eigenvalue weighted by atomic mass is 10.1.